The van der Waals surface area contributed by atoms with E-state index in [-0.39, 0.29) is 0 Å². The molecule has 0 radical (unpaired) electrons. The van der Waals surface area contributed by atoms with Crippen LogP contribution in [0.2, 0.25) is 0 Å². The number of amides is 1. The van der Waals surface area contributed by atoms with Crippen LogP contribution in [-0.4, -0.2) is 17.4 Å². The number of nitrogens with one attached hydrogen (secondary N) is 1. The number of hydrogen-bond donors (Lipinski definition) is 2. The molecule has 1 amide bonds. The van der Waals surface area contributed by atoms with Gasteiger partial charge in [-0.25, -0.2) is 4.98 Å². The second kappa shape index (κ2) is 8.50. The molecule has 18 heavy (non-hydrogen) atoms. The number of aromatic nitrogens is 1. The molecule has 1 rings (SSSR count). The van der Waals surface area contributed by atoms with Crippen molar-refractivity contribution in [2.24, 2.45) is 5.73 Å². The van der Waals surface area contributed by atoms with Crippen molar-refractivity contribution < 1.29 is 4.79 Å². The highest BCUT2D eigenvalue weighted by molar-refractivity contribution is 5.92. The van der Waals surface area contributed by atoms with Gasteiger partial charge in [0.1, 0.15) is 5.82 Å². The third kappa shape index (κ3) is 5.66. The number of nitrogens with two attached hydrogens (primary N) is 1. The van der Waals surface area contributed by atoms with Gasteiger partial charge >= 0.3 is 0 Å². The van der Waals surface area contributed by atoms with Gasteiger partial charge in [-0.1, -0.05) is 39.0 Å². The first-order chi connectivity index (χ1) is 8.74. The van der Waals surface area contributed by atoms with Gasteiger partial charge < -0.3 is 11.1 Å². The Labute approximate surface area is 109 Å². The molecular weight excluding hydrogens is 226 g/mol. The van der Waals surface area contributed by atoms with Gasteiger partial charge in [-0.3, -0.25) is 4.79 Å². The van der Waals surface area contributed by atoms with E-state index in [0.29, 0.717) is 5.56 Å². The van der Waals surface area contributed by atoms with E-state index < -0.39 is 5.91 Å². The number of primary amides is 1. The first kappa shape index (κ1) is 14.5. The summed E-state index contributed by atoms with van der Waals surface area (Å²) in [5, 5.41) is 3.24. The van der Waals surface area contributed by atoms with E-state index in [2.05, 4.69) is 17.2 Å². The highest BCUT2D eigenvalue weighted by atomic mass is 16.1. The van der Waals surface area contributed by atoms with E-state index in [9.17, 15) is 4.79 Å². The molecule has 0 aliphatic carbocycles. The van der Waals surface area contributed by atoms with Crippen LogP contribution in [0.3, 0.4) is 0 Å². The minimum absolute atomic E-state index is 0.440. The second-order valence-corrected chi connectivity index (χ2v) is 4.49. The zero-order valence-electron chi connectivity index (χ0n) is 11.1. The SMILES string of the molecule is CCCCCCCCNc1ccc(C(N)=O)cn1. The molecule has 1 aromatic heterocycles. The molecule has 0 spiro atoms. The first-order valence-corrected chi connectivity index (χ1v) is 6.73. The fraction of sp³-hybridized carbons (Fsp3) is 0.571. The third-order valence-electron chi connectivity index (χ3n) is 2.88. The lowest BCUT2D eigenvalue weighted by Gasteiger charge is -2.05. The van der Waals surface area contributed by atoms with Crippen molar-refractivity contribution in [3.8, 4) is 0 Å². The van der Waals surface area contributed by atoms with Gasteiger partial charge in [0.25, 0.3) is 0 Å². The normalized spacial score (nSPS) is 10.3. The van der Waals surface area contributed by atoms with Crippen molar-refractivity contribution in [1.29, 1.82) is 0 Å². The van der Waals surface area contributed by atoms with Crippen LogP contribution in [0.1, 0.15) is 55.8 Å². The quantitative estimate of drug-likeness (QED) is 0.661. The molecular formula is C14H23N3O. The Balaban J connectivity index is 2.14. The maximum atomic E-state index is 10.9. The lowest BCUT2D eigenvalue weighted by Crippen LogP contribution is -2.11. The summed E-state index contributed by atoms with van der Waals surface area (Å²) in [5.41, 5.74) is 5.59. The molecule has 0 fully saturated rings. The lowest BCUT2D eigenvalue weighted by atomic mass is 10.1. The summed E-state index contributed by atoms with van der Waals surface area (Å²) in [7, 11) is 0. The standard InChI is InChI=1S/C14H23N3O/c1-2-3-4-5-6-7-10-16-13-9-8-12(11-17-13)14(15)18/h8-9,11H,2-7,10H2,1H3,(H2,15,18)(H,16,17). The molecule has 1 aromatic rings. The molecule has 0 aromatic carbocycles. The van der Waals surface area contributed by atoms with Crippen molar-refractivity contribution in [1.82, 2.24) is 4.98 Å². The molecule has 4 nitrogen and oxygen atoms in total. The van der Waals surface area contributed by atoms with Crippen molar-refractivity contribution in [3.05, 3.63) is 23.9 Å². The van der Waals surface area contributed by atoms with Crippen LogP contribution in [0.15, 0.2) is 18.3 Å². The smallest absolute Gasteiger partial charge is 0.250 e. The summed E-state index contributed by atoms with van der Waals surface area (Å²) in [6, 6.07) is 3.48. The maximum Gasteiger partial charge on any atom is 0.250 e. The van der Waals surface area contributed by atoms with Crippen LogP contribution in [-0.2, 0) is 0 Å². The minimum atomic E-state index is -0.440. The summed E-state index contributed by atoms with van der Waals surface area (Å²) >= 11 is 0. The Morgan fingerprint density at radius 2 is 1.94 bits per heavy atom. The van der Waals surface area contributed by atoms with Crippen LogP contribution >= 0.6 is 0 Å². The van der Waals surface area contributed by atoms with E-state index in [0.717, 1.165) is 18.8 Å². The highest BCUT2D eigenvalue weighted by Gasteiger charge is 2.00. The van der Waals surface area contributed by atoms with Crippen LogP contribution in [0.4, 0.5) is 5.82 Å². The molecule has 0 saturated carbocycles. The molecule has 4 heteroatoms. The first-order valence-electron chi connectivity index (χ1n) is 6.73. The van der Waals surface area contributed by atoms with E-state index >= 15 is 0 Å². The lowest BCUT2D eigenvalue weighted by molar-refractivity contribution is 0.1000. The Morgan fingerprint density at radius 1 is 1.22 bits per heavy atom. The molecule has 100 valence electrons. The van der Waals surface area contributed by atoms with Gasteiger partial charge in [-0.15, -0.1) is 0 Å². The van der Waals surface area contributed by atoms with E-state index in [1.165, 1.54) is 38.3 Å². The zero-order chi connectivity index (χ0) is 13.2. The van der Waals surface area contributed by atoms with Gasteiger partial charge in [-0.2, -0.15) is 0 Å². The summed E-state index contributed by atoms with van der Waals surface area (Å²) in [5.74, 6) is 0.360. The second-order valence-electron chi connectivity index (χ2n) is 4.49. The molecule has 0 aliphatic heterocycles. The fourth-order valence-electron chi connectivity index (χ4n) is 1.77. The number of anilines is 1. The predicted molar refractivity (Wildman–Crippen MR) is 74.6 cm³/mol. The number of nitrogens with zero attached hydrogens (tertiary/aromatic N) is 1. The van der Waals surface area contributed by atoms with Crippen molar-refractivity contribution in [3.63, 3.8) is 0 Å². The molecule has 0 unspecified atom stereocenters. The average Bonchev–Trinajstić information content (AvgIpc) is 2.38. The summed E-state index contributed by atoms with van der Waals surface area (Å²) in [6.45, 7) is 3.15. The van der Waals surface area contributed by atoms with E-state index in [1.807, 2.05) is 0 Å². The van der Waals surface area contributed by atoms with E-state index in [1.54, 1.807) is 12.1 Å². The summed E-state index contributed by atoms with van der Waals surface area (Å²) in [4.78, 5) is 15.0. The number of carbonyl (C=O) groups is 1. The van der Waals surface area contributed by atoms with Crippen LogP contribution in [0, 0.1) is 0 Å². The predicted octanol–water partition coefficient (Wildman–Crippen LogP) is 2.95. The number of rotatable bonds is 9. The Kier molecular flexibility index (Phi) is 6.84. The zero-order valence-corrected chi connectivity index (χ0v) is 11.1. The molecule has 0 saturated heterocycles. The topological polar surface area (TPSA) is 68.0 Å². The molecule has 0 aliphatic rings. The Bertz CT molecular complexity index is 349. The number of carbonyl (C=O) groups excluding carboxylic acids is 1. The Morgan fingerprint density at radius 3 is 2.56 bits per heavy atom. The number of pyridine rings is 1. The number of hydrogen-bond acceptors (Lipinski definition) is 3. The third-order valence-corrected chi connectivity index (χ3v) is 2.88. The van der Waals surface area contributed by atoms with Crippen LogP contribution < -0.4 is 11.1 Å². The fourth-order valence-corrected chi connectivity index (χ4v) is 1.77. The van der Waals surface area contributed by atoms with Gasteiger partial charge in [0.15, 0.2) is 0 Å². The van der Waals surface area contributed by atoms with Crippen molar-refractivity contribution in [2.45, 2.75) is 45.4 Å². The average molecular weight is 249 g/mol. The van der Waals surface area contributed by atoms with Crippen LogP contribution in [0.5, 0.6) is 0 Å². The monoisotopic (exact) mass is 249 g/mol. The summed E-state index contributed by atoms with van der Waals surface area (Å²) < 4.78 is 0. The van der Waals surface area contributed by atoms with Crippen LogP contribution in [0.25, 0.3) is 0 Å². The molecule has 0 bridgehead atoms. The summed E-state index contributed by atoms with van der Waals surface area (Å²) in [6.07, 6.45) is 9.19. The van der Waals surface area contributed by atoms with Gasteiger partial charge in [0.05, 0.1) is 5.56 Å². The van der Waals surface area contributed by atoms with Gasteiger partial charge in [0.2, 0.25) is 5.91 Å². The Hall–Kier alpha value is -1.58. The van der Waals surface area contributed by atoms with Crippen molar-refractivity contribution >= 4 is 11.7 Å². The molecule has 0 atom stereocenters. The van der Waals surface area contributed by atoms with Gasteiger partial charge in [-0.05, 0) is 18.6 Å². The van der Waals surface area contributed by atoms with Crippen molar-refractivity contribution in [2.75, 3.05) is 11.9 Å². The highest BCUT2D eigenvalue weighted by Crippen LogP contribution is 2.07. The molecule has 1 heterocycles. The number of unbranched alkanes of at least 4 members (excludes halogenated alkanes) is 5. The largest absolute Gasteiger partial charge is 0.370 e. The van der Waals surface area contributed by atoms with E-state index in [4.69, 9.17) is 5.73 Å². The molecule has 3 N–H and O–H groups in total. The van der Waals surface area contributed by atoms with Gasteiger partial charge in [0, 0.05) is 12.7 Å². The maximum absolute atomic E-state index is 10.9. The minimum Gasteiger partial charge on any atom is -0.370 e.